The van der Waals surface area contributed by atoms with E-state index in [1.807, 2.05) is 26.0 Å². The molecule has 0 fully saturated rings. The summed E-state index contributed by atoms with van der Waals surface area (Å²) in [6.45, 7) is 5.45. The molecule has 1 unspecified atom stereocenters. The highest BCUT2D eigenvalue weighted by Gasteiger charge is 2.41. The van der Waals surface area contributed by atoms with E-state index in [2.05, 4.69) is 22.6 Å². The van der Waals surface area contributed by atoms with Gasteiger partial charge < -0.3 is 9.47 Å². The first kappa shape index (κ1) is 11.7. The zero-order chi connectivity index (χ0) is 11.9. The van der Waals surface area contributed by atoms with Crippen molar-refractivity contribution in [3.05, 3.63) is 23.8 Å². The fourth-order valence-corrected chi connectivity index (χ4v) is 2.38. The van der Waals surface area contributed by atoms with Gasteiger partial charge in [0.15, 0.2) is 11.5 Å². The molecule has 0 saturated heterocycles. The van der Waals surface area contributed by atoms with Gasteiger partial charge in [-0.25, -0.2) is 0 Å². The number of para-hydroxylation sites is 1. The highest BCUT2D eigenvalue weighted by Crippen LogP contribution is 2.52. The lowest BCUT2D eigenvalue weighted by molar-refractivity contribution is -0.132. The molecule has 1 heterocycles. The number of benzene rings is 1. The standard InChI is InChI=1S/C12H13IO3/c1-7(14)15-9-6-4-5-8-10(9)16-12(2,3)11(8)13/h4-6,11H,1-3H3. The largest absolute Gasteiger partial charge is 0.482 e. The van der Waals surface area contributed by atoms with Crippen LogP contribution in [0.2, 0.25) is 0 Å². The number of carbonyl (C=O) groups is 1. The second-order valence-corrected chi connectivity index (χ2v) is 5.58. The number of fused-ring (bicyclic) bond motifs is 1. The summed E-state index contributed by atoms with van der Waals surface area (Å²) in [6, 6.07) is 5.65. The third-order valence-corrected chi connectivity index (χ3v) is 4.68. The summed E-state index contributed by atoms with van der Waals surface area (Å²) in [5.74, 6) is 0.881. The molecule has 0 bridgehead atoms. The van der Waals surface area contributed by atoms with Crippen molar-refractivity contribution in [3.8, 4) is 11.5 Å². The van der Waals surface area contributed by atoms with Crippen LogP contribution in [-0.4, -0.2) is 11.6 Å². The number of ether oxygens (including phenoxy) is 2. The van der Waals surface area contributed by atoms with E-state index < -0.39 is 0 Å². The molecule has 86 valence electrons. The van der Waals surface area contributed by atoms with Crippen LogP contribution in [0.25, 0.3) is 0 Å². The number of carbonyl (C=O) groups excluding carboxylic acids is 1. The van der Waals surface area contributed by atoms with Gasteiger partial charge in [-0.1, -0.05) is 34.7 Å². The lowest BCUT2D eigenvalue weighted by Crippen LogP contribution is -2.26. The third-order valence-electron chi connectivity index (χ3n) is 2.51. The van der Waals surface area contributed by atoms with E-state index in [1.54, 1.807) is 6.07 Å². The summed E-state index contributed by atoms with van der Waals surface area (Å²) < 4.78 is 11.2. The quantitative estimate of drug-likeness (QED) is 0.343. The van der Waals surface area contributed by atoms with Gasteiger partial charge in [-0.3, -0.25) is 4.79 Å². The lowest BCUT2D eigenvalue weighted by atomic mass is 10.0. The van der Waals surface area contributed by atoms with Crippen LogP contribution in [0, 0.1) is 0 Å². The maximum absolute atomic E-state index is 11.0. The van der Waals surface area contributed by atoms with E-state index >= 15 is 0 Å². The minimum Gasteiger partial charge on any atom is -0.482 e. The molecule has 0 spiro atoms. The van der Waals surface area contributed by atoms with E-state index in [9.17, 15) is 4.79 Å². The number of hydrogen-bond donors (Lipinski definition) is 0. The van der Waals surface area contributed by atoms with E-state index in [0.717, 1.165) is 5.56 Å². The van der Waals surface area contributed by atoms with Crippen molar-refractivity contribution in [3.63, 3.8) is 0 Å². The minimum atomic E-state index is -0.327. The first-order chi connectivity index (χ1) is 7.42. The van der Waals surface area contributed by atoms with E-state index in [-0.39, 0.29) is 15.5 Å². The SMILES string of the molecule is CC(=O)Oc1cccc2c1OC(C)(C)C2I. The summed E-state index contributed by atoms with van der Waals surface area (Å²) in [5, 5.41) is 0. The average Bonchev–Trinajstić information content (AvgIpc) is 2.40. The predicted octanol–water partition coefficient (Wildman–Crippen LogP) is 3.26. The summed E-state index contributed by atoms with van der Waals surface area (Å²) in [7, 11) is 0. The van der Waals surface area contributed by atoms with Crippen LogP contribution < -0.4 is 9.47 Å². The van der Waals surface area contributed by atoms with Gasteiger partial charge in [0, 0.05) is 12.5 Å². The molecule has 1 atom stereocenters. The molecule has 16 heavy (non-hydrogen) atoms. The number of rotatable bonds is 1. The summed E-state index contributed by atoms with van der Waals surface area (Å²) in [5.41, 5.74) is 0.823. The molecule has 1 aromatic rings. The van der Waals surface area contributed by atoms with Gasteiger partial charge in [0.1, 0.15) is 5.60 Å². The van der Waals surface area contributed by atoms with Gasteiger partial charge in [-0.2, -0.15) is 0 Å². The molecular formula is C12H13IO3. The third kappa shape index (κ3) is 1.90. The predicted molar refractivity (Wildman–Crippen MR) is 69.2 cm³/mol. The van der Waals surface area contributed by atoms with Crippen LogP contribution in [0.1, 0.15) is 30.3 Å². The maximum atomic E-state index is 11.0. The Morgan fingerprint density at radius 2 is 2.19 bits per heavy atom. The van der Waals surface area contributed by atoms with Crippen LogP contribution in [0.4, 0.5) is 0 Å². The van der Waals surface area contributed by atoms with Crippen molar-refractivity contribution in [2.24, 2.45) is 0 Å². The van der Waals surface area contributed by atoms with Crippen LogP contribution in [0.15, 0.2) is 18.2 Å². The van der Waals surface area contributed by atoms with Crippen LogP contribution >= 0.6 is 22.6 Å². The Morgan fingerprint density at radius 1 is 1.50 bits per heavy atom. The highest BCUT2D eigenvalue weighted by atomic mass is 127. The number of halogens is 1. The molecule has 0 amide bonds. The minimum absolute atomic E-state index is 0.260. The fraction of sp³-hybridized carbons (Fsp3) is 0.417. The first-order valence-corrected chi connectivity index (χ1v) is 6.31. The fourth-order valence-electron chi connectivity index (χ4n) is 1.77. The highest BCUT2D eigenvalue weighted by molar-refractivity contribution is 14.1. The second-order valence-electron chi connectivity index (χ2n) is 4.34. The first-order valence-electron chi connectivity index (χ1n) is 5.06. The molecule has 1 aliphatic rings. The van der Waals surface area contributed by atoms with Gasteiger partial charge in [-0.15, -0.1) is 0 Å². The van der Waals surface area contributed by atoms with Crippen molar-refractivity contribution in [1.82, 2.24) is 0 Å². The smallest absolute Gasteiger partial charge is 0.308 e. The Bertz CT molecular complexity index is 440. The average molecular weight is 332 g/mol. The number of esters is 1. The van der Waals surface area contributed by atoms with Crippen molar-refractivity contribution in [2.45, 2.75) is 30.3 Å². The molecule has 4 heteroatoms. The maximum Gasteiger partial charge on any atom is 0.308 e. The van der Waals surface area contributed by atoms with E-state index in [1.165, 1.54) is 6.92 Å². The Balaban J connectivity index is 2.45. The zero-order valence-corrected chi connectivity index (χ0v) is 11.6. The molecule has 1 aromatic carbocycles. The molecule has 1 aliphatic heterocycles. The van der Waals surface area contributed by atoms with Crippen LogP contribution in [0.3, 0.4) is 0 Å². The summed E-state index contributed by atoms with van der Waals surface area (Å²) >= 11 is 2.35. The summed E-state index contributed by atoms with van der Waals surface area (Å²) in [6.07, 6.45) is 0. The molecule has 0 N–H and O–H groups in total. The van der Waals surface area contributed by atoms with Gasteiger partial charge in [-0.05, 0) is 19.9 Å². The lowest BCUT2D eigenvalue weighted by Gasteiger charge is -2.21. The van der Waals surface area contributed by atoms with Crippen molar-refractivity contribution < 1.29 is 14.3 Å². The molecule has 0 radical (unpaired) electrons. The van der Waals surface area contributed by atoms with Gasteiger partial charge in [0.25, 0.3) is 0 Å². The Kier molecular flexibility index (Phi) is 2.86. The molecule has 0 aromatic heterocycles. The second kappa shape index (κ2) is 3.91. The van der Waals surface area contributed by atoms with Crippen LogP contribution in [0.5, 0.6) is 11.5 Å². The Morgan fingerprint density at radius 3 is 2.81 bits per heavy atom. The van der Waals surface area contributed by atoms with Crippen molar-refractivity contribution in [2.75, 3.05) is 0 Å². The molecule has 3 nitrogen and oxygen atoms in total. The summed E-state index contributed by atoms with van der Waals surface area (Å²) in [4.78, 5) is 11.0. The van der Waals surface area contributed by atoms with E-state index in [4.69, 9.17) is 9.47 Å². The molecule has 0 aliphatic carbocycles. The van der Waals surface area contributed by atoms with Crippen molar-refractivity contribution >= 4 is 28.6 Å². The Labute approximate surface area is 108 Å². The molecular weight excluding hydrogens is 319 g/mol. The normalized spacial score (nSPS) is 21.1. The number of hydrogen-bond acceptors (Lipinski definition) is 3. The Hall–Kier alpha value is -0.780. The van der Waals surface area contributed by atoms with E-state index in [0.29, 0.717) is 11.5 Å². The van der Waals surface area contributed by atoms with Gasteiger partial charge in [0.05, 0.1) is 3.92 Å². The molecule has 0 saturated carbocycles. The van der Waals surface area contributed by atoms with Crippen molar-refractivity contribution in [1.29, 1.82) is 0 Å². The van der Waals surface area contributed by atoms with Gasteiger partial charge >= 0.3 is 5.97 Å². The van der Waals surface area contributed by atoms with Gasteiger partial charge in [0.2, 0.25) is 0 Å². The number of alkyl halides is 1. The monoisotopic (exact) mass is 332 g/mol. The molecule has 2 rings (SSSR count). The zero-order valence-electron chi connectivity index (χ0n) is 9.41. The van der Waals surface area contributed by atoms with Crippen LogP contribution in [-0.2, 0) is 4.79 Å². The topological polar surface area (TPSA) is 35.5 Å².